The van der Waals surface area contributed by atoms with Gasteiger partial charge in [-0.1, -0.05) is 30.3 Å². The summed E-state index contributed by atoms with van der Waals surface area (Å²) in [6.45, 7) is 0.303. The molecule has 1 aromatic heterocycles. The first-order valence-corrected chi connectivity index (χ1v) is 7.71. The molecule has 0 bridgehead atoms. The second kappa shape index (κ2) is 6.62. The molecule has 1 aliphatic rings. The number of aromatic nitrogens is 2. The number of hydrogen-bond acceptors (Lipinski definition) is 3. The standard InChI is InChI=1S/C17H16F3N3O2/c18-17(19,20)15-13(12-5-2-1-3-6-12)14(24)16(25)23(15)9-4-8-22-10-7-21-11-22/h1-3,5-7,10-11,15,24H,4,8-9H2. The minimum Gasteiger partial charge on any atom is -0.503 e. The van der Waals surface area contributed by atoms with Gasteiger partial charge in [0.1, 0.15) is 0 Å². The van der Waals surface area contributed by atoms with E-state index in [0.717, 1.165) is 0 Å². The summed E-state index contributed by atoms with van der Waals surface area (Å²) in [4.78, 5) is 16.8. The summed E-state index contributed by atoms with van der Waals surface area (Å²) in [7, 11) is 0. The van der Waals surface area contributed by atoms with E-state index in [1.54, 1.807) is 41.5 Å². The van der Waals surface area contributed by atoms with Crippen molar-refractivity contribution in [1.29, 1.82) is 0 Å². The molecule has 1 unspecified atom stereocenters. The Morgan fingerprint density at radius 1 is 1.16 bits per heavy atom. The van der Waals surface area contributed by atoms with E-state index >= 15 is 0 Å². The number of aryl methyl sites for hydroxylation is 1. The van der Waals surface area contributed by atoms with Gasteiger partial charge in [0.2, 0.25) is 0 Å². The van der Waals surface area contributed by atoms with Crippen molar-refractivity contribution >= 4 is 11.5 Å². The molecule has 1 N–H and O–H groups in total. The van der Waals surface area contributed by atoms with Gasteiger partial charge in [-0.05, 0) is 12.0 Å². The highest BCUT2D eigenvalue weighted by Crippen LogP contribution is 2.41. The molecular weight excluding hydrogens is 335 g/mol. The predicted octanol–water partition coefficient (Wildman–Crippen LogP) is 3.02. The number of nitrogens with zero attached hydrogens (tertiary/aromatic N) is 3. The number of aliphatic hydroxyl groups is 1. The van der Waals surface area contributed by atoms with Gasteiger partial charge in [-0.2, -0.15) is 13.2 Å². The van der Waals surface area contributed by atoms with Crippen molar-refractivity contribution in [1.82, 2.24) is 14.5 Å². The molecule has 1 atom stereocenters. The van der Waals surface area contributed by atoms with E-state index in [2.05, 4.69) is 4.98 Å². The van der Waals surface area contributed by atoms with Crippen molar-refractivity contribution in [3.63, 3.8) is 0 Å². The van der Waals surface area contributed by atoms with Crippen molar-refractivity contribution in [3.8, 4) is 0 Å². The van der Waals surface area contributed by atoms with E-state index in [9.17, 15) is 23.1 Å². The third-order valence-electron chi connectivity index (χ3n) is 4.07. The molecule has 3 rings (SSSR count). The highest BCUT2D eigenvalue weighted by atomic mass is 19.4. The first kappa shape index (κ1) is 17.1. The highest BCUT2D eigenvalue weighted by molar-refractivity contribution is 6.05. The molecule has 1 aromatic carbocycles. The number of halogens is 3. The van der Waals surface area contributed by atoms with Crippen molar-refractivity contribution in [2.75, 3.05) is 6.54 Å². The van der Waals surface area contributed by atoms with Crippen molar-refractivity contribution in [2.24, 2.45) is 0 Å². The van der Waals surface area contributed by atoms with Crippen LogP contribution in [-0.2, 0) is 11.3 Å². The average molecular weight is 351 g/mol. The van der Waals surface area contributed by atoms with E-state index in [1.807, 2.05) is 0 Å². The monoisotopic (exact) mass is 351 g/mol. The lowest BCUT2D eigenvalue weighted by atomic mass is 9.99. The van der Waals surface area contributed by atoms with E-state index < -0.39 is 23.9 Å². The summed E-state index contributed by atoms with van der Waals surface area (Å²) in [6, 6.07) is 5.54. The first-order valence-electron chi connectivity index (χ1n) is 7.71. The Hall–Kier alpha value is -2.77. The van der Waals surface area contributed by atoms with Gasteiger partial charge in [-0.25, -0.2) is 4.98 Å². The smallest absolute Gasteiger partial charge is 0.413 e. The van der Waals surface area contributed by atoms with Crippen LogP contribution in [0, 0.1) is 0 Å². The third-order valence-corrected chi connectivity index (χ3v) is 4.07. The Morgan fingerprint density at radius 3 is 2.48 bits per heavy atom. The molecule has 2 heterocycles. The molecule has 25 heavy (non-hydrogen) atoms. The highest BCUT2D eigenvalue weighted by Gasteiger charge is 2.54. The van der Waals surface area contributed by atoms with Crippen molar-refractivity contribution < 1.29 is 23.1 Å². The van der Waals surface area contributed by atoms with Crippen LogP contribution in [0.4, 0.5) is 13.2 Å². The van der Waals surface area contributed by atoms with E-state index in [4.69, 9.17) is 0 Å². The number of benzene rings is 1. The lowest BCUT2D eigenvalue weighted by Gasteiger charge is -2.28. The Bertz CT molecular complexity index is 770. The molecule has 0 fully saturated rings. The summed E-state index contributed by atoms with van der Waals surface area (Å²) in [5.41, 5.74) is -0.200. The van der Waals surface area contributed by atoms with E-state index in [-0.39, 0.29) is 17.7 Å². The summed E-state index contributed by atoms with van der Waals surface area (Å²) in [5, 5.41) is 10.1. The number of carbonyl (C=O) groups is 1. The molecular formula is C17H16F3N3O2. The van der Waals surface area contributed by atoms with Gasteiger partial charge < -0.3 is 14.6 Å². The van der Waals surface area contributed by atoms with Crippen LogP contribution in [0.3, 0.4) is 0 Å². The van der Waals surface area contributed by atoms with Crippen LogP contribution in [0.15, 0.2) is 54.8 Å². The number of hydrogen-bond donors (Lipinski definition) is 1. The summed E-state index contributed by atoms with van der Waals surface area (Å²) >= 11 is 0. The van der Waals surface area contributed by atoms with Crippen molar-refractivity contribution in [3.05, 3.63) is 60.4 Å². The number of alkyl halides is 3. The fourth-order valence-electron chi connectivity index (χ4n) is 2.98. The topological polar surface area (TPSA) is 58.4 Å². The Labute approximate surface area is 142 Å². The lowest BCUT2D eigenvalue weighted by Crippen LogP contribution is -2.45. The molecule has 0 radical (unpaired) electrons. The molecule has 0 saturated heterocycles. The molecule has 5 nitrogen and oxygen atoms in total. The molecule has 0 spiro atoms. The quantitative estimate of drug-likeness (QED) is 0.901. The van der Waals surface area contributed by atoms with Crippen LogP contribution in [0.5, 0.6) is 0 Å². The van der Waals surface area contributed by atoms with Crippen LogP contribution < -0.4 is 0 Å². The maximum atomic E-state index is 13.6. The summed E-state index contributed by atoms with van der Waals surface area (Å²) in [5.74, 6) is -1.83. The fourth-order valence-corrected chi connectivity index (χ4v) is 2.98. The zero-order valence-corrected chi connectivity index (χ0v) is 13.1. The van der Waals surface area contributed by atoms with Crippen LogP contribution in [0.1, 0.15) is 12.0 Å². The van der Waals surface area contributed by atoms with Gasteiger partial charge in [0.15, 0.2) is 11.8 Å². The van der Waals surface area contributed by atoms with Crippen LogP contribution >= 0.6 is 0 Å². The molecule has 2 aromatic rings. The Kier molecular flexibility index (Phi) is 4.52. The maximum absolute atomic E-state index is 13.6. The molecule has 0 saturated carbocycles. The number of aliphatic hydroxyl groups excluding tert-OH is 1. The second-order valence-corrected chi connectivity index (χ2v) is 5.73. The number of rotatable bonds is 5. The minimum atomic E-state index is -4.68. The van der Waals surface area contributed by atoms with Gasteiger partial charge >= 0.3 is 6.18 Å². The van der Waals surface area contributed by atoms with Gasteiger partial charge in [-0.3, -0.25) is 4.79 Å². The third kappa shape index (κ3) is 3.38. The molecule has 8 heteroatoms. The number of imidazole rings is 1. The summed E-state index contributed by atoms with van der Waals surface area (Å²) < 4.78 is 42.6. The second-order valence-electron chi connectivity index (χ2n) is 5.73. The summed E-state index contributed by atoms with van der Waals surface area (Å²) in [6.07, 6.45) is 0.446. The maximum Gasteiger partial charge on any atom is 0.413 e. The first-order chi connectivity index (χ1) is 11.9. The van der Waals surface area contributed by atoms with E-state index in [0.29, 0.717) is 17.9 Å². The molecule has 0 aliphatic carbocycles. The van der Waals surface area contributed by atoms with Gasteiger partial charge in [-0.15, -0.1) is 0 Å². The Morgan fingerprint density at radius 2 is 1.88 bits per heavy atom. The van der Waals surface area contributed by atoms with Gasteiger partial charge in [0.05, 0.1) is 6.33 Å². The molecule has 1 amide bonds. The van der Waals surface area contributed by atoms with Gasteiger partial charge in [0.25, 0.3) is 5.91 Å². The number of carbonyl (C=O) groups excluding carboxylic acids is 1. The molecule has 132 valence electrons. The average Bonchev–Trinajstić information content (AvgIpc) is 3.17. The predicted molar refractivity (Wildman–Crippen MR) is 84.4 cm³/mol. The largest absolute Gasteiger partial charge is 0.503 e. The van der Waals surface area contributed by atoms with Crippen LogP contribution in [-0.4, -0.2) is 44.2 Å². The van der Waals surface area contributed by atoms with E-state index in [1.165, 1.54) is 12.1 Å². The fraction of sp³-hybridized carbons (Fsp3) is 0.294. The lowest BCUT2D eigenvalue weighted by molar-refractivity contribution is -0.172. The van der Waals surface area contributed by atoms with Gasteiger partial charge in [0, 0.05) is 31.1 Å². The Balaban J connectivity index is 1.85. The van der Waals surface area contributed by atoms with Crippen molar-refractivity contribution in [2.45, 2.75) is 25.2 Å². The molecule has 1 aliphatic heterocycles. The zero-order valence-electron chi connectivity index (χ0n) is 13.1. The normalized spacial score (nSPS) is 18.3. The SMILES string of the molecule is O=C1C(O)=C(c2ccccc2)C(C(F)(F)F)N1CCCn1ccnc1. The van der Waals surface area contributed by atoms with Crippen LogP contribution in [0.25, 0.3) is 5.57 Å². The zero-order chi connectivity index (χ0) is 18.0. The minimum absolute atomic E-state index is 0.123. The van der Waals surface area contributed by atoms with Crippen LogP contribution in [0.2, 0.25) is 0 Å². The number of amides is 1.